The molecule has 0 aromatic carbocycles. The molecule has 0 saturated heterocycles. The highest BCUT2D eigenvalue weighted by Crippen LogP contribution is 2.32. The molecule has 3 aliphatic rings. The van der Waals surface area contributed by atoms with Gasteiger partial charge in [0.25, 0.3) is 0 Å². The normalized spacial score (nSPS) is 20.6. The maximum Gasteiger partial charge on any atom is 0.154 e. The Morgan fingerprint density at radius 1 is 1.10 bits per heavy atom. The third-order valence-corrected chi connectivity index (χ3v) is 5.89. The van der Waals surface area contributed by atoms with Crippen molar-refractivity contribution in [2.24, 2.45) is 17.6 Å². The summed E-state index contributed by atoms with van der Waals surface area (Å²) in [6.45, 7) is 1.52. The van der Waals surface area contributed by atoms with Gasteiger partial charge in [-0.25, -0.2) is 4.98 Å². The first-order valence-corrected chi connectivity index (χ1v) is 11.4. The van der Waals surface area contributed by atoms with Gasteiger partial charge in [0.05, 0.1) is 47.2 Å². The summed E-state index contributed by atoms with van der Waals surface area (Å²) in [5.41, 5.74) is 7.21. The first-order chi connectivity index (χ1) is 14.5. The van der Waals surface area contributed by atoms with Gasteiger partial charge in [-0.05, 0) is 43.6 Å². The maximum atomic E-state index is 6.15. The van der Waals surface area contributed by atoms with Crippen LogP contribution in [0.1, 0.15) is 31.4 Å². The average Bonchev–Trinajstić information content (AvgIpc) is 3.65. The zero-order chi connectivity index (χ0) is 21.1. The van der Waals surface area contributed by atoms with Gasteiger partial charge in [0.15, 0.2) is 11.5 Å². The molecule has 3 heterocycles. The second-order valence-corrected chi connectivity index (χ2v) is 8.92. The van der Waals surface area contributed by atoms with Crippen molar-refractivity contribution in [3.63, 3.8) is 0 Å². The molecule has 5 rings (SSSR count). The molecule has 2 aromatic heterocycles. The average molecular weight is 472 g/mol. The Bertz CT molecular complexity index is 951. The Hall–Kier alpha value is -1.60. The summed E-state index contributed by atoms with van der Waals surface area (Å²) in [7, 11) is 0. The van der Waals surface area contributed by atoms with Crippen molar-refractivity contribution in [1.82, 2.24) is 14.7 Å². The van der Waals surface area contributed by atoms with Crippen molar-refractivity contribution >= 4 is 40.4 Å². The zero-order valence-corrected chi connectivity index (χ0v) is 18.8. The molecule has 2 aliphatic carbocycles. The van der Waals surface area contributed by atoms with Crippen LogP contribution < -0.4 is 15.8 Å². The molecule has 0 amide bonds. The van der Waals surface area contributed by atoms with Crippen LogP contribution in [0.2, 0.25) is 5.02 Å². The van der Waals surface area contributed by atoms with Crippen LogP contribution in [-0.2, 0) is 10.6 Å². The topological polar surface area (TPSA) is 73.8 Å². The fourth-order valence-corrected chi connectivity index (χ4v) is 3.41. The molecule has 1 aliphatic heterocycles. The molecule has 1 atom stereocenters. The van der Waals surface area contributed by atoms with Gasteiger partial charge in [0, 0.05) is 18.5 Å². The molecular formula is C21H25Cl3N4O2. The summed E-state index contributed by atoms with van der Waals surface area (Å²) in [5, 5.41) is 4.14. The van der Waals surface area contributed by atoms with E-state index in [9.17, 15) is 0 Å². The smallest absolute Gasteiger partial charge is 0.154 e. The van der Waals surface area contributed by atoms with E-state index in [4.69, 9.17) is 50.0 Å². The van der Waals surface area contributed by atoms with Gasteiger partial charge >= 0.3 is 0 Å². The quantitative estimate of drug-likeness (QED) is 0.569. The number of nitrogens with one attached hydrogen (secondary N) is 1. The second-order valence-electron chi connectivity index (χ2n) is 7.84. The van der Waals surface area contributed by atoms with Gasteiger partial charge in [-0.2, -0.15) is 0 Å². The summed E-state index contributed by atoms with van der Waals surface area (Å²) in [5.74, 6) is 3.26. The second kappa shape index (κ2) is 9.69. The van der Waals surface area contributed by atoms with Crippen LogP contribution in [0, 0.1) is 11.8 Å². The van der Waals surface area contributed by atoms with E-state index in [-0.39, 0.29) is 6.17 Å². The minimum absolute atomic E-state index is 0.194. The Kier molecular flexibility index (Phi) is 6.98. The lowest BCUT2D eigenvalue weighted by Crippen LogP contribution is -2.34. The summed E-state index contributed by atoms with van der Waals surface area (Å²) in [6, 6.07) is 1.81. The van der Waals surface area contributed by atoms with Crippen molar-refractivity contribution in [3.05, 3.63) is 52.2 Å². The number of nitrogens with zero attached hydrogens (tertiary/aromatic N) is 2. The summed E-state index contributed by atoms with van der Waals surface area (Å²) in [6.07, 6.45) is 12.1. The van der Waals surface area contributed by atoms with Crippen LogP contribution in [0.3, 0.4) is 0 Å². The summed E-state index contributed by atoms with van der Waals surface area (Å²) < 4.78 is 13.1. The van der Waals surface area contributed by atoms with Gasteiger partial charge in [0.2, 0.25) is 0 Å². The third-order valence-electron chi connectivity index (χ3n) is 5.01. The monoisotopic (exact) mass is 470 g/mol. The van der Waals surface area contributed by atoms with Crippen molar-refractivity contribution in [2.75, 3.05) is 13.2 Å². The van der Waals surface area contributed by atoms with Crippen molar-refractivity contribution < 1.29 is 9.47 Å². The first-order valence-electron chi connectivity index (χ1n) is 10.1. The van der Waals surface area contributed by atoms with Gasteiger partial charge in [0.1, 0.15) is 5.65 Å². The number of ether oxygens (including phenoxy) is 2. The molecule has 2 fully saturated rings. The maximum absolute atomic E-state index is 6.15. The van der Waals surface area contributed by atoms with Gasteiger partial charge < -0.3 is 24.9 Å². The molecule has 6 nitrogen and oxygen atoms in total. The number of hydrogen-bond acceptors (Lipinski definition) is 5. The highest BCUT2D eigenvalue weighted by atomic mass is 35.5. The van der Waals surface area contributed by atoms with Gasteiger partial charge in [-0.15, -0.1) is 11.6 Å². The molecule has 2 saturated carbocycles. The van der Waals surface area contributed by atoms with Crippen molar-refractivity contribution in [1.29, 1.82) is 0 Å². The number of aromatic nitrogens is 2. The lowest BCUT2D eigenvalue weighted by molar-refractivity contribution is 0.205. The molecule has 3 N–H and O–H groups in total. The van der Waals surface area contributed by atoms with Crippen LogP contribution in [0.15, 0.2) is 41.5 Å². The largest absolute Gasteiger partial charge is 0.490 e. The Morgan fingerprint density at radius 2 is 1.80 bits per heavy atom. The molecule has 30 heavy (non-hydrogen) atoms. The number of imidazole rings is 1. The number of allylic oxidation sites excluding steroid dienone is 1. The molecule has 9 heteroatoms. The van der Waals surface area contributed by atoms with Crippen LogP contribution in [-0.4, -0.2) is 28.8 Å². The van der Waals surface area contributed by atoms with E-state index in [1.165, 1.54) is 25.7 Å². The number of halogens is 3. The highest BCUT2D eigenvalue weighted by Gasteiger charge is 2.23. The Morgan fingerprint density at radius 3 is 2.43 bits per heavy atom. The molecule has 2 aromatic rings. The third kappa shape index (κ3) is 5.97. The Balaban J connectivity index is 0.000000151. The fraction of sp³-hybridized carbons (Fsp3) is 0.476. The van der Waals surface area contributed by atoms with Crippen molar-refractivity contribution in [2.45, 2.75) is 37.7 Å². The van der Waals surface area contributed by atoms with E-state index < -0.39 is 0 Å². The van der Waals surface area contributed by atoms with Gasteiger partial charge in [-0.1, -0.05) is 23.2 Å². The number of pyridine rings is 1. The minimum Gasteiger partial charge on any atom is -0.490 e. The van der Waals surface area contributed by atoms with E-state index in [2.05, 4.69) is 10.3 Å². The first kappa shape index (κ1) is 21.6. The predicted molar refractivity (Wildman–Crippen MR) is 120 cm³/mol. The van der Waals surface area contributed by atoms with E-state index in [1.807, 2.05) is 16.8 Å². The van der Waals surface area contributed by atoms with Gasteiger partial charge in [-0.3, -0.25) is 0 Å². The molecule has 1 unspecified atom stereocenters. The molecule has 0 radical (unpaired) electrons. The number of fused-ring (bicyclic) bond motifs is 1. The number of rotatable bonds is 7. The van der Waals surface area contributed by atoms with E-state index in [0.29, 0.717) is 33.4 Å². The number of nitrogens with two attached hydrogens (primary N) is 1. The SMILES string of the molecule is ClCc1cn2cc(OCC3CC3)c(Cl)cc2n1.NC1C=C(Cl)C(OCC2CC2)=CN1. The van der Waals surface area contributed by atoms with Crippen LogP contribution in [0.5, 0.6) is 5.75 Å². The molecule has 0 bridgehead atoms. The number of alkyl halides is 1. The summed E-state index contributed by atoms with van der Waals surface area (Å²) >= 11 is 17.8. The van der Waals surface area contributed by atoms with E-state index in [1.54, 1.807) is 18.3 Å². The minimum atomic E-state index is -0.194. The molecular weight excluding hydrogens is 447 g/mol. The van der Waals surface area contributed by atoms with Crippen LogP contribution in [0.25, 0.3) is 5.65 Å². The molecule has 162 valence electrons. The molecule has 0 spiro atoms. The summed E-state index contributed by atoms with van der Waals surface area (Å²) in [4.78, 5) is 4.33. The number of hydrogen-bond donors (Lipinski definition) is 2. The number of dihydropyridines is 1. The lowest BCUT2D eigenvalue weighted by atomic mass is 10.3. The van der Waals surface area contributed by atoms with Crippen LogP contribution >= 0.6 is 34.8 Å². The van der Waals surface area contributed by atoms with Crippen molar-refractivity contribution in [3.8, 4) is 5.75 Å². The van der Waals surface area contributed by atoms with E-state index in [0.717, 1.165) is 30.5 Å². The fourth-order valence-electron chi connectivity index (χ4n) is 2.84. The standard InChI is InChI=1S/C12H12Cl2N2O.C9H13ClN2O/c13-4-9-5-16-6-11(17-7-8-1-2-8)10(14)3-12(16)15-9;10-7-3-9(11)12-4-8(7)13-5-6-1-2-6/h3,5-6,8H,1-2,4,7H2;3-4,6,9,12H,1-2,5,11H2. The highest BCUT2D eigenvalue weighted by molar-refractivity contribution is 6.32. The van der Waals surface area contributed by atoms with E-state index >= 15 is 0 Å². The predicted octanol–water partition coefficient (Wildman–Crippen LogP) is 4.78. The lowest BCUT2D eigenvalue weighted by Gasteiger charge is -2.17. The zero-order valence-electron chi connectivity index (χ0n) is 16.5. The van der Waals surface area contributed by atoms with Crippen LogP contribution in [0.4, 0.5) is 0 Å². The Labute approximate surface area is 191 Å².